The number of nitrogens with one attached hydrogen (secondary N) is 1. The van der Waals surface area contributed by atoms with Gasteiger partial charge in [-0.15, -0.1) is 0 Å². The average Bonchev–Trinajstić information content (AvgIpc) is 2.64. The van der Waals surface area contributed by atoms with E-state index >= 15 is 0 Å². The summed E-state index contributed by atoms with van der Waals surface area (Å²) in [6, 6.07) is 20.6. The molecule has 0 aliphatic rings. The van der Waals surface area contributed by atoms with Gasteiger partial charge in [-0.1, -0.05) is 24.3 Å². The maximum Gasteiger partial charge on any atom is 0.263 e. The number of hydrogen-bond donors (Lipinski definition) is 1. The Hall–Kier alpha value is -2.51. The van der Waals surface area contributed by atoms with Gasteiger partial charge < -0.3 is 9.47 Å². The van der Waals surface area contributed by atoms with E-state index in [1.165, 1.54) is 6.07 Å². The van der Waals surface area contributed by atoms with Gasteiger partial charge in [-0.25, -0.2) is 8.42 Å². The predicted octanol–water partition coefficient (Wildman–Crippen LogP) is 5.05. The third-order valence-electron chi connectivity index (χ3n) is 3.53. The number of halogens is 1. The standard InChI is InChI=1S/C19H16BrNO4S/c1-24-17-7-3-4-8-18(17)25-15-12-10-14(11-13-15)21-26(22,23)19-9-5-2-6-16(19)20/h2-13,21H,1H3. The summed E-state index contributed by atoms with van der Waals surface area (Å²) in [7, 11) is -2.11. The lowest BCUT2D eigenvalue weighted by Crippen LogP contribution is -2.13. The van der Waals surface area contributed by atoms with E-state index in [9.17, 15) is 8.42 Å². The highest BCUT2D eigenvalue weighted by molar-refractivity contribution is 9.10. The molecule has 0 heterocycles. The molecule has 3 rings (SSSR count). The maximum atomic E-state index is 12.5. The number of sulfonamides is 1. The molecule has 3 aromatic carbocycles. The first kappa shape index (κ1) is 18.3. The van der Waals surface area contributed by atoms with Crippen molar-refractivity contribution >= 4 is 31.6 Å². The number of hydrogen-bond acceptors (Lipinski definition) is 4. The van der Waals surface area contributed by atoms with Crippen molar-refractivity contribution in [2.24, 2.45) is 0 Å². The number of benzene rings is 3. The van der Waals surface area contributed by atoms with Gasteiger partial charge in [0.1, 0.15) is 10.6 Å². The van der Waals surface area contributed by atoms with Gasteiger partial charge in [-0.2, -0.15) is 0 Å². The molecule has 0 radical (unpaired) electrons. The lowest BCUT2D eigenvalue weighted by atomic mass is 10.3. The highest BCUT2D eigenvalue weighted by Gasteiger charge is 2.17. The van der Waals surface area contributed by atoms with Crippen LogP contribution in [0.25, 0.3) is 0 Å². The zero-order valence-electron chi connectivity index (χ0n) is 13.8. The van der Waals surface area contributed by atoms with E-state index in [1.807, 2.05) is 12.1 Å². The molecule has 0 aliphatic heterocycles. The first-order valence-electron chi connectivity index (χ1n) is 7.68. The molecule has 0 saturated carbocycles. The first-order chi connectivity index (χ1) is 12.5. The molecule has 0 spiro atoms. The van der Waals surface area contributed by atoms with Crippen molar-refractivity contribution in [3.8, 4) is 17.2 Å². The Balaban J connectivity index is 1.77. The molecule has 0 unspecified atom stereocenters. The molecule has 1 N–H and O–H groups in total. The number of rotatable bonds is 6. The van der Waals surface area contributed by atoms with E-state index in [2.05, 4.69) is 20.7 Å². The van der Waals surface area contributed by atoms with Crippen LogP contribution in [0.1, 0.15) is 0 Å². The lowest BCUT2D eigenvalue weighted by molar-refractivity contribution is 0.379. The smallest absolute Gasteiger partial charge is 0.263 e. The Labute approximate surface area is 160 Å². The van der Waals surface area contributed by atoms with E-state index in [-0.39, 0.29) is 4.90 Å². The van der Waals surface area contributed by atoms with E-state index in [4.69, 9.17) is 9.47 Å². The molecule has 0 fully saturated rings. The van der Waals surface area contributed by atoms with Crippen LogP contribution >= 0.6 is 15.9 Å². The quantitative estimate of drug-likeness (QED) is 0.590. The molecule has 26 heavy (non-hydrogen) atoms. The van der Waals surface area contributed by atoms with E-state index < -0.39 is 10.0 Å². The molecule has 0 saturated heterocycles. The molecule has 0 bridgehead atoms. The van der Waals surface area contributed by atoms with Crippen molar-refractivity contribution in [3.05, 3.63) is 77.3 Å². The van der Waals surface area contributed by atoms with Crippen LogP contribution in [0, 0.1) is 0 Å². The summed E-state index contributed by atoms with van der Waals surface area (Å²) in [6.45, 7) is 0. The number of anilines is 1. The molecule has 3 aromatic rings. The molecule has 0 atom stereocenters. The fraction of sp³-hybridized carbons (Fsp3) is 0.0526. The van der Waals surface area contributed by atoms with Crippen molar-refractivity contribution in [1.82, 2.24) is 0 Å². The van der Waals surface area contributed by atoms with Crippen LogP contribution in [0.3, 0.4) is 0 Å². The molecule has 5 nitrogen and oxygen atoms in total. The minimum Gasteiger partial charge on any atom is -0.493 e. The van der Waals surface area contributed by atoms with Gasteiger partial charge in [0.2, 0.25) is 0 Å². The maximum absolute atomic E-state index is 12.5. The topological polar surface area (TPSA) is 64.6 Å². The predicted molar refractivity (Wildman–Crippen MR) is 104 cm³/mol. The van der Waals surface area contributed by atoms with Crippen molar-refractivity contribution in [1.29, 1.82) is 0 Å². The van der Waals surface area contributed by atoms with E-state index in [0.717, 1.165) is 0 Å². The van der Waals surface area contributed by atoms with Gasteiger partial charge in [0.15, 0.2) is 11.5 Å². The molecule has 0 aliphatic carbocycles. The normalized spacial score (nSPS) is 11.0. The minimum absolute atomic E-state index is 0.175. The summed E-state index contributed by atoms with van der Waals surface area (Å²) in [5, 5.41) is 0. The third-order valence-corrected chi connectivity index (χ3v) is 5.92. The zero-order valence-corrected chi connectivity index (χ0v) is 16.2. The van der Waals surface area contributed by atoms with Crippen LogP contribution in [0.5, 0.6) is 17.2 Å². The van der Waals surface area contributed by atoms with Gasteiger partial charge >= 0.3 is 0 Å². The highest BCUT2D eigenvalue weighted by Crippen LogP contribution is 2.31. The second kappa shape index (κ2) is 7.80. The van der Waals surface area contributed by atoms with Crippen LogP contribution in [-0.4, -0.2) is 15.5 Å². The Morgan fingerprint density at radius 1 is 0.846 bits per heavy atom. The van der Waals surface area contributed by atoms with E-state index in [0.29, 0.717) is 27.4 Å². The Kier molecular flexibility index (Phi) is 5.49. The number of methoxy groups -OCH3 is 1. The largest absolute Gasteiger partial charge is 0.493 e. The Morgan fingerprint density at radius 2 is 1.46 bits per heavy atom. The summed E-state index contributed by atoms with van der Waals surface area (Å²) in [6.07, 6.45) is 0. The summed E-state index contributed by atoms with van der Waals surface area (Å²) >= 11 is 3.26. The molecule has 0 aromatic heterocycles. The van der Waals surface area contributed by atoms with Crippen LogP contribution in [0.4, 0.5) is 5.69 Å². The second-order valence-corrected chi connectivity index (χ2v) is 7.82. The molecule has 7 heteroatoms. The lowest BCUT2D eigenvalue weighted by Gasteiger charge is -2.12. The molecule has 0 amide bonds. The van der Waals surface area contributed by atoms with Crippen molar-refractivity contribution < 1.29 is 17.9 Å². The van der Waals surface area contributed by atoms with Crippen molar-refractivity contribution in [2.45, 2.75) is 4.90 Å². The number of ether oxygens (including phenoxy) is 2. The fourth-order valence-electron chi connectivity index (χ4n) is 2.29. The van der Waals surface area contributed by atoms with Gasteiger partial charge in [-0.3, -0.25) is 4.72 Å². The summed E-state index contributed by atoms with van der Waals surface area (Å²) in [4.78, 5) is 0.175. The zero-order chi connectivity index (χ0) is 18.6. The van der Waals surface area contributed by atoms with Gasteiger partial charge in [-0.05, 0) is 64.5 Å². The second-order valence-electron chi connectivity index (χ2n) is 5.31. The van der Waals surface area contributed by atoms with Gasteiger partial charge in [0, 0.05) is 10.2 Å². The summed E-state index contributed by atoms with van der Waals surface area (Å²) in [5.74, 6) is 1.76. The van der Waals surface area contributed by atoms with Crippen LogP contribution < -0.4 is 14.2 Å². The van der Waals surface area contributed by atoms with Crippen LogP contribution in [0.15, 0.2) is 82.2 Å². The van der Waals surface area contributed by atoms with Gasteiger partial charge in [0.05, 0.1) is 7.11 Å². The average molecular weight is 434 g/mol. The SMILES string of the molecule is COc1ccccc1Oc1ccc(NS(=O)(=O)c2ccccc2Br)cc1. The summed E-state index contributed by atoms with van der Waals surface area (Å²) in [5.41, 5.74) is 0.438. The van der Waals surface area contributed by atoms with Crippen LogP contribution in [-0.2, 0) is 10.0 Å². The summed E-state index contributed by atoms with van der Waals surface area (Å²) < 4.78 is 39.1. The van der Waals surface area contributed by atoms with Crippen LogP contribution in [0.2, 0.25) is 0 Å². The molecule has 134 valence electrons. The van der Waals surface area contributed by atoms with Gasteiger partial charge in [0.25, 0.3) is 10.0 Å². The third kappa shape index (κ3) is 4.17. The molecular weight excluding hydrogens is 418 g/mol. The Bertz CT molecular complexity index is 1000. The van der Waals surface area contributed by atoms with Crippen molar-refractivity contribution in [3.63, 3.8) is 0 Å². The fourth-order valence-corrected chi connectivity index (χ4v) is 4.36. The van der Waals surface area contributed by atoms with Crippen molar-refractivity contribution in [2.75, 3.05) is 11.8 Å². The molecular formula is C19H16BrNO4S. The monoisotopic (exact) mass is 433 g/mol. The highest BCUT2D eigenvalue weighted by atomic mass is 79.9. The Morgan fingerprint density at radius 3 is 2.12 bits per heavy atom. The van der Waals surface area contributed by atoms with E-state index in [1.54, 1.807) is 61.7 Å². The number of para-hydroxylation sites is 2. The minimum atomic E-state index is -3.68. The first-order valence-corrected chi connectivity index (χ1v) is 9.95.